The Morgan fingerprint density at radius 1 is 1.47 bits per heavy atom. The molecule has 1 aromatic heterocycles. The molecular formula is C13H15N3O2S. The SMILES string of the molecule is CCCn1c(Sc2ccc(C=O)c(C)c2)n[nH]c1=O. The van der Waals surface area contributed by atoms with E-state index in [1.165, 1.54) is 11.8 Å². The van der Waals surface area contributed by atoms with E-state index in [1.807, 2.05) is 26.0 Å². The number of hydrogen-bond donors (Lipinski definition) is 1. The molecule has 5 nitrogen and oxygen atoms in total. The Hall–Kier alpha value is -1.82. The molecule has 0 atom stereocenters. The van der Waals surface area contributed by atoms with Crippen molar-refractivity contribution >= 4 is 18.0 Å². The molecule has 0 aliphatic rings. The molecule has 0 saturated heterocycles. The summed E-state index contributed by atoms with van der Waals surface area (Å²) in [6.45, 7) is 4.54. The standard InChI is InChI=1S/C13H15N3O2S/c1-3-6-16-12(18)14-15-13(16)19-11-5-4-10(8-17)9(2)7-11/h4-5,7-8H,3,6H2,1-2H3,(H,14,18). The topological polar surface area (TPSA) is 67.8 Å². The monoisotopic (exact) mass is 277 g/mol. The number of hydrogen-bond acceptors (Lipinski definition) is 4. The van der Waals surface area contributed by atoms with Crippen molar-refractivity contribution in [2.75, 3.05) is 0 Å². The Balaban J connectivity index is 2.28. The van der Waals surface area contributed by atoms with Crippen LogP contribution in [0.2, 0.25) is 0 Å². The van der Waals surface area contributed by atoms with Gasteiger partial charge < -0.3 is 0 Å². The molecule has 0 aliphatic carbocycles. The third-order valence-electron chi connectivity index (χ3n) is 2.75. The third kappa shape index (κ3) is 2.96. The van der Waals surface area contributed by atoms with Crippen LogP contribution in [0.25, 0.3) is 0 Å². The fraction of sp³-hybridized carbons (Fsp3) is 0.308. The zero-order valence-electron chi connectivity index (χ0n) is 10.8. The average molecular weight is 277 g/mol. The van der Waals surface area contributed by atoms with Crippen molar-refractivity contribution in [1.29, 1.82) is 0 Å². The Morgan fingerprint density at radius 3 is 2.89 bits per heavy atom. The van der Waals surface area contributed by atoms with Crippen molar-refractivity contribution in [3.8, 4) is 0 Å². The molecule has 0 radical (unpaired) electrons. The lowest BCUT2D eigenvalue weighted by Crippen LogP contribution is -2.17. The highest BCUT2D eigenvalue weighted by Crippen LogP contribution is 2.26. The number of aromatic amines is 1. The van der Waals surface area contributed by atoms with E-state index in [0.717, 1.165) is 23.2 Å². The number of carbonyl (C=O) groups is 1. The van der Waals surface area contributed by atoms with E-state index in [4.69, 9.17) is 0 Å². The maximum atomic E-state index is 11.6. The Bertz CT molecular complexity index is 646. The highest BCUT2D eigenvalue weighted by molar-refractivity contribution is 7.99. The molecule has 0 bridgehead atoms. The van der Waals surface area contributed by atoms with Crippen LogP contribution in [0.15, 0.2) is 33.0 Å². The van der Waals surface area contributed by atoms with Gasteiger partial charge in [0.1, 0.15) is 6.29 Å². The quantitative estimate of drug-likeness (QED) is 0.851. The van der Waals surface area contributed by atoms with Gasteiger partial charge in [-0.3, -0.25) is 9.36 Å². The number of H-pyrrole nitrogens is 1. The van der Waals surface area contributed by atoms with Crippen LogP contribution in [0.5, 0.6) is 0 Å². The molecule has 6 heteroatoms. The van der Waals surface area contributed by atoms with Gasteiger partial charge in [-0.1, -0.05) is 13.0 Å². The predicted octanol–water partition coefficient (Wildman–Crippen LogP) is 2.25. The molecule has 1 aromatic carbocycles. The molecule has 100 valence electrons. The number of rotatable bonds is 5. The normalized spacial score (nSPS) is 10.6. The van der Waals surface area contributed by atoms with E-state index >= 15 is 0 Å². The summed E-state index contributed by atoms with van der Waals surface area (Å²) in [5.74, 6) is 0. The lowest BCUT2D eigenvalue weighted by molar-refractivity contribution is 0.112. The van der Waals surface area contributed by atoms with Crippen LogP contribution in [0.1, 0.15) is 29.3 Å². The Morgan fingerprint density at radius 2 is 2.26 bits per heavy atom. The maximum absolute atomic E-state index is 11.6. The van der Waals surface area contributed by atoms with Gasteiger partial charge in [-0.05, 0) is 42.8 Å². The molecule has 0 fully saturated rings. The molecule has 2 rings (SSSR count). The van der Waals surface area contributed by atoms with Gasteiger partial charge in [0.2, 0.25) is 0 Å². The van der Waals surface area contributed by atoms with Crippen LogP contribution in [0, 0.1) is 6.92 Å². The van der Waals surface area contributed by atoms with E-state index in [-0.39, 0.29) is 5.69 Å². The molecule has 19 heavy (non-hydrogen) atoms. The molecule has 0 saturated carbocycles. The number of benzene rings is 1. The van der Waals surface area contributed by atoms with Gasteiger partial charge in [0.05, 0.1) is 0 Å². The van der Waals surface area contributed by atoms with Crippen molar-refractivity contribution in [1.82, 2.24) is 14.8 Å². The van der Waals surface area contributed by atoms with E-state index in [1.54, 1.807) is 10.6 Å². The number of nitrogens with one attached hydrogen (secondary N) is 1. The second kappa shape index (κ2) is 5.88. The smallest absolute Gasteiger partial charge is 0.298 e. The first kappa shape index (κ1) is 13.6. The predicted molar refractivity (Wildman–Crippen MR) is 73.8 cm³/mol. The molecule has 2 aromatic rings. The minimum Gasteiger partial charge on any atom is -0.298 e. The second-order valence-corrected chi connectivity index (χ2v) is 5.24. The maximum Gasteiger partial charge on any atom is 0.343 e. The highest BCUT2D eigenvalue weighted by Gasteiger charge is 2.09. The summed E-state index contributed by atoms with van der Waals surface area (Å²) in [6, 6.07) is 5.56. The molecule has 0 unspecified atom stereocenters. The van der Waals surface area contributed by atoms with Crippen molar-refractivity contribution in [3.05, 3.63) is 39.8 Å². The number of aromatic nitrogens is 3. The average Bonchev–Trinajstić information content (AvgIpc) is 2.72. The Labute approximate surface area is 115 Å². The summed E-state index contributed by atoms with van der Waals surface area (Å²) in [5.41, 5.74) is 1.41. The minimum atomic E-state index is -0.189. The summed E-state index contributed by atoms with van der Waals surface area (Å²) >= 11 is 1.41. The van der Waals surface area contributed by atoms with Crippen LogP contribution in [0.4, 0.5) is 0 Å². The van der Waals surface area contributed by atoms with Gasteiger partial charge in [-0.25, -0.2) is 9.89 Å². The van der Waals surface area contributed by atoms with Gasteiger partial charge in [-0.2, -0.15) is 0 Å². The molecular weight excluding hydrogens is 262 g/mol. The zero-order chi connectivity index (χ0) is 13.8. The van der Waals surface area contributed by atoms with E-state index in [9.17, 15) is 9.59 Å². The van der Waals surface area contributed by atoms with Crippen molar-refractivity contribution in [2.24, 2.45) is 0 Å². The minimum absolute atomic E-state index is 0.189. The zero-order valence-corrected chi connectivity index (χ0v) is 11.7. The Kier molecular flexibility index (Phi) is 4.21. The third-order valence-corrected chi connectivity index (χ3v) is 3.73. The summed E-state index contributed by atoms with van der Waals surface area (Å²) in [5, 5.41) is 7.12. The first-order valence-electron chi connectivity index (χ1n) is 6.04. The van der Waals surface area contributed by atoms with Crippen molar-refractivity contribution in [2.45, 2.75) is 36.9 Å². The van der Waals surface area contributed by atoms with Gasteiger partial charge >= 0.3 is 5.69 Å². The highest BCUT2D eigenvalue weighted by atomic mass is 32.2. The van der Waals surface area contributed by atoms with Gasteiger partial charge in [-0.15, -0.1) is 5.10 Å². The van der Waals surface area contributed by atoms with Gasteiger partial charge in [0, 0.05) is 17.0 Å². The second-order valence-electron chi connectivity index (χ2n) is 4.20. The van der Waals surface area contributed by atoms with Crippen LogP contribution >= 0.6 is 11.8 Å². The number of nitrogens with zero attached hydrogens (tertiary/aromatic N) is 2. The largest absolute Gasteiger partial charge is 0.343 e. The first-order valence-corrected chi connectivity index (χ1v) is 6.86. The van der Waals surface area contributed by atoms with Crippen LogP contribution in [0.3, 0.4) is 0 Å². The molecule has 0 spiro atoms. The van der Waals surface area contributed by atoms with Gasteiger partial charge in [0.25, 0.3) is 0 Å². The molecule has 0 amide bonds. The summed E-state index contributed by atoms with van der Waals surface area (Å²) in [6.07, 6.45) is 1.71. The number of aryl methyl sites for hydroxylation is 1. The van der Waals surface area contributed by atoms with E-state index in [2.05, 4.69) is 10.2 Å². The lowest BCUT2D eigenvalue weighted by Gasteiger charge is -2.05. The summed E-state index contributed by atoms with van der Waals surface area (Å²) < 4.78 is 1.62. The number of aldehydes is 1. The molecule has 1 N–H and O–H groups in total. The lowest BCUT2D eigenvalue weighted by atomic mass is 10.1. The number of carbonyl (C=O) groups excluding carboxylic acids is 1. The fourth-order valence-corrected chi connectivity index (χ4v) is 2.71. The first-order chi connectivity index (χ1) is 9.15. The van der Waals surface area contributed by atoms with Crippen molar-refractivity contribution < 1.29 is 4.79 Å². The van der Waals surface area contributed by atoms with E-state index in [0.29, 0.717) is 17.3 Å². The summed E-state index contributed by atoms with van der Waals surface area (Å²) in [4.78, 5) is 23.3. The molecule has 0 aliphatic heterocycles. The van der Waals surface area contributed by atoms with Crippen LogP contribution in [-0.2, 0) is 6.54 Å². The van der Waals surface area contributed by atoms with Crippen LogP contribution in [-0.4, -0.2) is 21.1 Å². The van der Waals surface area contributed by atoms with E-state index < -0.39 is 0 Å². The van der Waals surface area contributed by atoms with Crippen LogP contribution < -0.4 is 5.69 Å². The van der Waals surface area contributed by atoms with Crippen molar-refractivity contribution in [3.63, 3.8) is 0 Å². The van der Waals surface area contributed by atoms with Gasteiger partial charge in [0.15, 0.2) is 5.16 Å². The summed E-state index contributed by atoms with van der Waals surface area (Å²) in [7, 11) is 0. The molecule has 1 heterocycles. The fourth-order valence-electron chi connectivity index (χ4n) is 1.75.